The summed E-state index contributed by atoms with van der Waals surface area (Å²) in [5, 5.41) is 4.12. The molecule has 92 valence electrons. The average molecular weight is 300 g/mol. The normalized spacial score (nSPS) is 12.5. The molecule has 7 heteroatoms. The number of nitrogens with zero attached hydrogens (tertiary/aromatic N) is 3. The summed E-state index contributed by atoms with van der Waals surface area (Å²) in [7, 11) is 3.15. The Hall–Kier alpha value is -0.560. The highest BCUT2D eigenvalue weighted by Crippen LogP contribution is 2.23. The van der Waals surface area contributed by atoms with E-state index in [1.807, 2.05) is 0 Å². The molecule has 16 heavy (non-hydrogen) atoms. The summed E-state index contributed by atoms with van der Waals surface area (Å²) in [5.41, 5.74) is 1.52. The molecule has 3 nitrogen and oxygen atoms in total. The average Bonchev–Trinajstić information content (AvgIpc) is 2.29. The molecule has 0 unspecified atom stereocenters. The van der Waals surface area contributed by atoms with Crippen molar-refractivity contribution in [3.8, 4) is 0 Å². The van der Waals surface area contributed by atoms with E-state index in [0.29, 0.717) is 0 Å². The second-order valence-corrected chi connectivity index (χ2v) is 4.55. The maximum Gasteiger partial charge on any atom is 0.401 e. The van der Waals surface area contributed by atoms with Gasteiger partial charge >= 0.3 is 6.18 Å². The fraction of sp³-hybridized carbons (Fsp3) is 0.667. The first kappa shape index (κ1) is 13.5. The van der Waals surface area contributed by atoms with Crippen LogP contribution in [-0.4, -0.2) is 34.4 Å². The molecule has 0 bridgehead atoms. The lowest BCUT2D eigenvalue weighted by Gasteiger charge is -2.18. The second kappa shape index (κ2) is 4.75. The lowest BCUT2D eigenvalue weighted by atomic mass is 10.3. The van der Waals surface area contributed by atoms with Gasteiger partial charge in [0.05, 0.1) is 22.4 Å². The van der Waals surface area contributed by atoms with Crippen molar-refractivity contribution < 1.29 is 13.2 Å². The van der Waals surface area contributed by atoms with Crippen LogP contribution in [0.25, 0.3) is 0 Å². The van der Waals surface area contributed by atoms with Gasteiger partial charge in [-0.3, -0.25) is 9.58 Å². The van der Waals surface area contributed by atoms with Crippen molar-refractivity contribution in [2.75, 3.05) is 13.6 Å². The number of aryl methyl sites for hydroxylation is 2. The van der Waals surface area contributed by atoms with Crippen LogP contribution in [0.2, 0.25) is 0 Å². The van der Waals surface area contributed by atoms with E-state index in [2.05, 4.69) is 21.0 Å². The Morgan fingerprint density at radius 3 is 2.38 bits per heavy atom. The highest BCUT2D eigenvalue weighted by Gasteiger charge is 2.29. The smallest absolute Gasteiger partial charge is 0.292 e. The van der Waals surface area contributed by atoms with Crippen LogP contribution in [0.4, 0.5) is 13.2 Å². The molecule has 0 N–H and O–H groups in total. The molecule has 0 spiro atoms. The van der Waals surface area contributed by atoms with Gasteiger partial charge in [-0.2, -0.15) is 18.3 Å². The third-order valence-corrected chi connectivity index (χ3v) is 3.16. The van der Waals surface area contributed by atoms with Crippen LogP contribution in [0.5, 0.6) is 0 Å². The zero-order valence-corrected chi connectivity index (χ0v) is 10.9. The summed E-state index contributed by atoms with van der Waals surface area (Å²) in [5.74, 6) is 0. The summed E-state index contributed by atoms with van der Waals surface area (Å²) in [4.78, 5) is 1.21. The Kier molecular flexibility index (Phi) is 4.01. The number of hydrogen-bond donors (Lipinski definition) is 0. The molecule has 0 saturated carbocycles. The first-order valence-corrected chi connectivity index (χ1v) is 5.43. The molecule has 0 atom stereocenters. The van der Waals surface area contributed by atoms with Gasteiger partial charge < -0.3 is 0 Å². The first-order chi connectivity index (χ1) is 7.20. The van der Waals surface area contributed by atoms with Crippen molar-refractivity contribution in [1.82, 2.24) is 14.7 Å². The van der Waals surface area contributed by atoms with Crippen LogP contribution in [0.1, 0.15) is 11.4 Å². The van der Waals surface area contributed by atoms with Crippen molar-refractivity contribution in [2.24, 2.45) is 7.05 Å². The standard InChI is InChI=1S/C9H13BrF3N3/c1-6-8(10)7(16(3)14-6)4-15(2)5-9(11,12)13/h4-5H2,1-3H3. The van der Waals surface area contributed by atoms with Crippen LogP contribution in [0.3, 0.4) is 0 Å². The summed E-state index contributed by atoms with van der Waals surface area (Å²) in [6.07, 6.45) is -4.17. The molecule has 1 aromatic heterocycles. The van der Waals surface area contributed by atoms with Crippen molar-refractivity contribution in [3.05, 3.63) is 15.9 Å². The van der Waals surface area contributed by atoms with Crippen molar-refractivity contribution in [2.45, 2.75) is 19.6 Å². The summed E-state index contributed by atoms with van der Waals surface area (Å²) >= 11 is 3.32. The number of halogens is 4. The largest absolute Gasteiger partial charge is 0.401 e. The molecule has 0 aliphatic rings. The van der Waals surface area contributed by atoms with E-state index in [1.54, 1.807) is 18.7 Å². The lowest BCUT2D eigenvalue weighted by molar-refractivity contribution is -0.144. The van der Waals surface area contributed by atoms with E-state index in [1.165, 1.54) is 11.9 Å². The maximum absolute atomic E-state index is 12.1. The van der Waals surface area contributed by atoms with Crippen LogP contribution < -0.4 is 0 Å². The van der Waals surface area contributed by atoms with Crippen molar-refractivity contribution in [1.29, 1.82) is 0 Å². The molecule has 0 radical (unpaired) electrons. The molecular formula is C9H13BrF3N3. The molecule has 0 fully saturated rings. The Bertz CT molecular complexity index is 373. The molecule has 0 aliphatic carbocycles. The van der Waals surface area contributed by atoms with Gasteiger partial charge in [-0.15, -0.1) is 0 Å². The van der Waals surface area contributed by atoms with E-state index in [-0.39, 0.29) is 6.54 Å². The SMILES string of the molecule is Cc1nn(C)c(CN(C)CC(F)(F)F)c1Br. The molecule has 0 saturated heterocycles. The van der Waals surface area contributed by atoms with Gasteiger partial charge in [0.2, 0.25) is 0 Å². The minimum absolute atomic E-state index is 0.206. The number of rotatable bonds is 3. The minimum Gasteiger partial charge on any atom is -0.292 e. The Morgan fingerprint density at radius 1 is 1.44 bits per heavy atom. The Balaban J connectivity index is 2.73. The predicted octanol–water partition coefficient (Wildman–Crippen LogP) is 2.49. The number of alkyl halides is 3. The van der Waals surface area contributed by atoms with Gasteiger partial charge in [-0.1, -0.05) is 0 Å². The van der Waals surface area contributed by atoms with E-state index in [9.17, 15) is 13.2 Å². The van der Waals surface area contributed by atoms with Gasteiger partial charge in [-0.25, -0.2) is 0 Å². The molecule has 1 rings (SSSR count). The topological polar surface area (TPSA) is 21.1 Å². The van der Waals surface area contributed by atoms with Gasteiger partial charge in [0.25, 0.3) is 0 Å². The lowest BCUT2D eigenvalue weighted by Crippen LogP contribution is -2.31. The van der Waals surface area contributed by atoms with Crippen molar-refractivity contribution in [3.63, 3.8) is 0 Å². The maximum atomic E-state index is 12.1. The van der Waals surface area contributed by atoms with Gasteiger partial charge in [0, 0.05) is 13.6 Å². The van der Waals surface area contributed by atoms with E-state index < -0.39 is 12.7 Å². The van der Waals surface area contributed by atoms with Gasteiger partial charge in [0.1, 0.15) is 0 Å². The first-order valence-electron chi connectivity index (χ1n) is 4.64. The fourth-order valence-corrected chi connectivity index (χ4v) is 1.93. The van der Waals surface area contributed by atoms with E-state index in [0.717, 1.165) is 15.9 Å². The molecule has 1 aromatic rings. The highest BCUT2D eigenvalue weighted by atomic mass is 79.9. The highest BCUT2D eigenvalue weighted by molar-refractivity contribution is 9.10. The zero-order chi connectivity index (χ0) is 12.5. The summed E-state index contributed by atoms with van der Waals surface area (Å²) in [6, 6.07) is 0. The van der Waals surface area contributed by atoms with Gasteiger partial charge in [0.15, 0.2) is 0 Å². The Labute approximate surface area is 100 Å². The molecule has 0 aliphatic heterocycles. The van der Waals surface area contributed by atoms with Crippen LogP contribution in [0, 0.1) is 6.92 Å². The molecular weight excluding hydrogens is 287 g/mol. The Morgan fingerprint density at radius 2 is 2.00 bits per heavy atom. The van der Waals surface area contributed by atoms with E-state index in [4.69, 9.17) is 0 Å². The van der Waals surface area contributed by atoms with Crippen LogP contribution in [0.15, 0.2) is 4.47 Å². The predicted molar refractivity (Wildman–Crippen MR) is 58.0 cm³/mol. The van der Waals surface area contributed by atoms with Crippen LogP contribution >= 0.6 is 15.9 Å². The third kappa shape index (κ3) is 3.48. The second-order valence-electron chi connectivity index (χ2n) is 3.76. The molecule has 0 aromatic carbocycles. The number of aromatic nitrogens is 2. The quantitative estimate of drug-likeness (QED) is 0.855. The van der Waals surface area contributed by atoms with Crippen molar-refractivity contribution >= 4 is 15.9 Å². The van der Waals surface area contributed by atoms with Gasteiger partial charge in [-0.05, 0) is 29.9 Å². The number of hydrogen-bond acceptors (Lipinski definition) is 2. The monoisotopic (exact) mass is 299 g/mol. The fourth-order valence-electron chi connectivity index (χ4n) is 1.47. The molecule has 0 amide bonds. The van der Waals surface area contributed by atoms with Crippen LogP contribution in [-0.2, 0) is 13.6 Å². The summed E-state index contributed by atoms with van der Waals surface area (Å²) in [6.45, 7) is 1.08. The third-order valence-electron chi connectivity index (χ3n) is 2.13. The zero-order valence-electron chi connectivity index (χ0n) is 9.27. The van der Waals surface area contributed by atoms with E-state index >= 15 is 0 Å². The minimum atomic E-state index is -4.17. The molecule has 1 heterocycles. The summed E-state index contributed by atoms with van der Waals surface area (Å²) < 4.78 is 38.8.